The molecule has 0 atom stereocenters. The summed E-state index contributed by atoms with van der Waals surface area (Å²) in [5, 5.41) is 14.3. The van der Waals surface area contributed by atoms with Crippen molar-refractivity contribution in [3.63, 3.8) is 0 Å². The van der Waals surface area contributed by atoms with E-state index in [0.717, 1.165) is 59.0 Å². The molecule has 1 N–H and O–H groups in total. The molecule has 0 radical (unpaired) electrons. The van der Waals surface area contributed by atoms with Crippen LogP contribution in [-0.2, 0) is 13.0 Å². The second-order valence-electron chi connectivity index (χ2n) is 7.78. The van der Waals surface area contributed by atoms with Crippen molar-refractivity contribution in [3.05, 3.63) is 71.3 Å². The lowest BCUT2D eigenvalue weighted by molar-refractivity contribution is 0.716. The molecule has 0 unspecified atom stereocenters. The Morgan fingerprint density at radius 2 is 1.84 bits per heavy atom. The predicted molar refractivity (Wildman–Crippen MR) is 119 cm³/mol. The topological polar surface area (TPSA) is 90.1 Å². The summed E-state index contributed by atoms with van der Waals surface area (Å²) in [5.41, 5.74) is 7.43. The van der Waals surface area contributed by atoms with E-state index in [2.05, 4.69) is 85.8 Å². The van der Waals surface area contributed by atoms with Crippen LogP contribution in [0.2, 0.25) is 0 Å². The molecule has 31 heavy (non-hydrogen) atoms. The third-order valence-corrected chi connectivity index (χ3v) is 5.59. The van der Waals surface area contributed by atoms with Crippen LogP contribution in [0.3, 0.4) is 0 Å². The van der Waals surface area contributed by atoms with Gasteiger partial charge in [0.25, 0.3) is 0 Å². The first-order valence-electron chi connectivity index (χ1n) is 10.5. The number of hydrogen-bond acceptors (Lipinski definition) is 5. The van der Waals surface area contributed by atoms with Crippen molar-refractivity contribution in [2.45, 2.75) is 40.2 Å². The highest BCUT2D eigenvalue weighted by Crippen LogP contribution is 2.25. The van der Waals surface area contributed by atoms with E-state index in [4.69, 9.17) is 4.98 Å². The minimum Gasteiger partial charge on any atom is -0.311 e. The molecule has 0 aliphatic heterocycles. The minimum atomic E-state index is 0.646. The van der Waals surface area contributed by atoms with Gasteiger partial charge in [-0.25, -0.2) is 15.1 Å². The normalized spacial score (nSPS) is 11.5. The molecule has 1 aromatic carbocycles. The molecule has 5 rings (SSSR count). The third kappa shape index (κ3) is 3.39. The van der Waals surface area contributed by atoms with Gasteiger partial charge in [0.15, 0.2) is 11.5 Å². The molecular formula is C23H24N8. The van der Waals surface area contributed by atoms with Gasteiger partial charge in [0.1, 0.15) is 11.3 Å². The zero-order chi connectivity index (χ0) is 21.4. The number of H-pyrrole nitrogens is 1. The maximum atomic E-state index is 4.88. The van der Waals surface area contributed by atoms with E-state index in [9.17, 15) is 0 Å². The Bertz CT molecular complexity index is 1330. The van der Waals surface area contributed by atoms with Crippen molar-refractivity contribution in [1.82, 2.24) is 39.7 Å². The smallest absolute Gasteiger partial charge is 0.196 e. The van der Waals surface area contributed by atoms with Gasteiger partial charge in [0, 0.05) is 24.0 Å². The summed E-state index contributed by atoms with van der Waals surface area (Å²) in [6, 6.07) is 14.7. The van der Waals surface area contributed by atoms with Crippen molar-refractivity contribution in [3.8, 4) is 17.2 Å². The average Bonchev–Trinajstić information content (AvgIpc) is 3.50. The largest absolute Gasteiger partial charge is 0.311 e. The Hall–Kier alpha value is -3.81. The fraction of sp³-hybridized carbons (Fsp3) is 0.261. The summed E-state index contributed by atoms with van der Waals surface area (Å²) >= 11 is 0. The number of benzene rings is 1. The molecule has 0 aliphatic rings. The van der Waals surface area contributed by atoms with E-state index >= 15 is 0 Å². The van der Waals surface area contributed by atoms with E-state index in [1.165, 1.54) is 5.56 Å². The van der Waals surface area contributed by atoms with Crippen LogP contribution in [-0.4, -0.2) is 39.7 Å². The van der Waals surface area contributed by atoms with Crippen LogP contribution >= 0.6 is 0 Å². The average molecular weight is 413 g/mol. The van der Waals surface area contributed by atoms with Crippen LogP contribution < -0.4 is 0 Å². The van der Waals surface area contributed by atoms with Crippen molar-refractivity contribution < 1.29 is 0 Å². The zero-order valence-electron chi connectivity index (χ0n) is 17.9. The number of aromatic amines is 1. The molecule has 8 nitrogen and oxygen atoms in total. The van der Waals surface area contributed by atoms with Gasteiger partial charge in [-0.15, -0.1) is 5.10 Å². The molecule has 0 bridgehead atoms. The molecule has 0 saturated carbocycles. The number of aromatic nitrogens is 8. The lowest BCUT2D eigenvalue weighted by atomic mass is 10.2. The fourth-order valence-corrected chi connectivity index (χ4v) is 4.03. The summed E-state index contributed by atoms with van der Waals surface area (Å²) in [7, 11) is 0. The number of hydrogen-bond donors (Lipinski definition) is 1. The molecule has 0 fully saturated rings. The van der Waals surface area contributed by atoms with E-state index in [0.29, 0.717) is 5.82 Å². The van der Waals surface area contributed by atoms with E-state index in [-0.39, 0.29) is 0 Å². The number of rotatable bonds is 6. The standard InChI is InChI=1S/C23H24N8/c1-4-5-20-25-21-15(2)12-13-24-23(21)30(20)14-17-7-9-18(10-8-17)31-16(3)6-11-19(31)22-26-28-29-27-22/h6-13H,4-5,14H2,1-3H3,(H,26,27,28,29). The summed E-state index contributed by atoms with van der Waals surface area (Å²) in [5.74, 6) is 1.73. The maximum absolute atomic E-state index is 4.88. The summed E-state index contributed by atoms with van der Waals surface area (Å²) < 4.78 is 4.39. The van der Waals surface area contributed by atoms with Crippen molar-refractivity contribution in [1.29, 1.82) is 0 Å². The molecule has 5 aromatic rings. The predicted octanol–water partition coefficient (Wildman–Crippen LogP) is 4.02. The number of nitrogens with one attached hydrogen (secondary N) is 1. The van der Waals surface area contributed by atoms with Gasteiger partial charge in [0.2, 0.25) is 0 Å². The molecule has 0 aliphatic carbocycles. The molecule has 0 amide bonds. The number of tetrazole rings is 1. The highest BCUT2D eigenvalue weighted by Gasteiger charge is 2.15. The van der Waals surface area contributed by atoms with E-state index in [1.54, 1.807) is 0 Å². The molecule has 0 saturated heterocycles. The Balaban J connectivity index is 1.50. The minimum absolute atomic E-state index is 0.646. The summed E-state index contributed by atoms with van der Waals surface area (Å²) in [6.07, 6.45) is 3.85. The van der Waals surface area contributed by atoms with Gasteiger partial charge in [0.05, 0.1) is 12.2 Å². The third-order valence-electron chi connectivity index (χ3n) is 5.59. The first kappa shape index (κ1) is 19.2. The van der Waals surface area contributed by atoms with E-state index < -0.39 is 0 Å². The fourth-order valence-electron chi connectivity index (χ4n) is 4.03. The van der Waals surface area contributed by atoms with Crippen LogP contribution in [0, 0.1) is 13.8 Å². The highest BCUT2D eigenvalue weighted by molar-refractivity contribution is 5.75. The Morgan fingerprint density at radius 1 is 1.00 bits per heavy atom. The number of fused-ring (bicyclic) bond motifs is 1. The van der Waals surface area contributed by atoms with Gasteiger partial charge in [-0.2, -0.15) is 0 Å². The second-order valence-corrected chi connectivity index (χ2v) is 7.78. The molecule has 4 heterocycles. The first-order valence-corrected chi connectivity index (χ1v) is 10.5. The second kappa shape index (κ2) is 7.79. The SMILES string of the molecule is CCCc1nc2c(C)ccnc2n1Cc1ccc(-n2c(C)ccc2-c2nnn[nH]2)cc1. The maximum Gasteiger partial charge on any atom is 0.196 e. The Labute approximate surface area is 180 Å². The monoisotopic (exact) mass is 412 g/mol. The van der Waals surface area contributed by atoms with Crippen molar-refractivity contribution >= 4 is 11.2 Å². The quantitative estimate of drug-likeness (QED) is 0.455. The lowest BCUT2D eigenvalue weighted by Gasteiger charge is -2.12. The van der Waals surface area contributed by atoms with Crippen LogP contribution in [0.25, 0.3) is 28.4 Å². The summed E-state index contributed by atoms with van der Waals surface area (Å²) in [4.78, 5) is 9.51. The molecular weight excluding hydrogens is 388 g/mol. The Morgan fingerprint density at radius 3 is 2.58 bits per heavy atom. The lowest BCUT2D eigenvalue weighted by Crippen LogP contribution is -2.06. The molecule has 0 spiro atoms. The molecule has 4 aromatic heterocycles. The highest BCUT2D eigenvalue weighted by atomic mass is 15.5. The zero-order valence-corrected chi connectivity index (χ0v) is 17.9. The van der Waals surface area contributed by atoms with Gasteiger partial charge >= 0.3 is 0 Å². The van der Waals surface area contributed by atoms with Crippen molar-refractivity contribution in [2.75, 3.05) is 0 Å². The van der Waals surface area contributed by atoms with Gasteiger partial charge in [-0.05, 0) is 72.2 Å². The first-order chi connectivity index (χ1) is 15.2. The molecule has 156 valence electrons. The number of pyridine rings is 1. The van der Waals surface area contributed by atoms with Gasteiger partial charge in [-0.3, -0.25) is 0 Å². The van der Waals surface area contributed by atoms with Crippen molar-refractivity contribution in [2.24, 2.45) is 0 Å². The Kier molecular flexibility index (Phi) is 4.82. The number of nitrogens with zero attached hydrogens (tertiary/aromatic N) is 7. The van der Waals surface area contributed by atoms with Gasteiger partial charge < -0.3 is 9.13 Å². The van der Waals surface area contributed by atoms with Crippen LogP contribution in [0.4, 0.5) is 0 Å². The van der Waals surface area contributed by atoms with Gasteiger partial charge in [-0.1, -0.05) is 19.1 Å². The number of aryl methyl sites for hydroxylation is 3. The number of imidazole rings is 1. The summed E-state index contributed by atoms with van der Waals surface area (Å²) in [6.45, 7) is 7.09. The van der Waals surface area contributed by atoms with Crippen LogP contribution in [0.15, 0.2) is 48.7 Å². The van der Waals surface area contributed by atoms with Crippen LogP contribution in [0.1, 0.15) is 36.0 Å². The van der Waals surface area contributed by atoms with E-state index in [1.807, 2.05) is 18.3 Å². The van der Waals surface area contributed by atoms with Crippen LogP contribution in [0.5, 0.6) is 0 Å². The molecule has 8 heteroatoms.